The minimum atomic E-state index is -3.79. The fraction of sp³-hybridized carbons (Fsp3) is 0.462. The van der Waals surface area contributed by atoms with Crippen LogP contribution in [-0.4, -0.2) is 38.4 Å². The van der Waals surface area contributed by atoms with Crippen molar-refractivity contribution in [3.05, 3.63) is 24.0 Å². The smallest absolute Gasteiger partial charge is 0.240 e. The van der Waals surface area contributed by atoms with Gasteiger partial charge in [-0.05, 0) is 31.5 Å². The molecule has 1 aromatic rings. The average molecular weight is 315 g/mol. The summed E-state index contributed by atoms with van der Waals surface area (Å²) in [6, 6.07) is 2.80. The highest BCUT2D eigenvalue weighted by Crippen LogP contribution is 2.17. The normalized spacial score (nSPS) is 17.2. The van der Waals surface area contributed by atoms with Gasteiger partial charge in [-0.15, -0.1) is 0 Å². The predicted molar refractivity (Wildman–Crippen MR) is 76.4 cm³/mol. The van der Waals surface area contributed by atoms with Gasteiger partial charge in [0.25, 0.3) is 0 Å². The molecule has 1 aliphatic heterocycles. The van der Waals surface area contributed by atoms with Crippen LogP contribution in [0.2, 0.25) is 0 Å². The number of anilines is 1. The summed E-state index contributed by atoms with van der Waals surface area (Å²) in [4.78, 5) is 13.1. The molecule has 2 rings (SSSR count). The van der Waals surface area contributed by atoms with Gasteiger partial charge in [-0.3, -0.25) is 4.79 Å². The lowest BCUT2D eigenvalue weighted by molar-refractivity contribution is -0.127. The van der Waals surface area contributed by atoms with Crippen LogP contribution in [0.15, 0.2) is 23.1 Å². The molecule has 0 radical (unpaired) electrons. The molecule has 6 nitrogen and oxygen atoms in total. The van der Waals surface area contributed by atoms with E-state index in [4.69, 9.17) is 5.73 Å². The van der Waals surface area contributed by atoms with Gasteiger partial charge in [-0.1, -0.05) is 0 Å². The minimum Gasteiger partial charge on any atom is -0.396 e. The Hall–Kier alpha value is -1.67. The lowest BCUT2D eigenvalue weighted by Gasteiger charge is -2.21. The Kier molecular flexibility index (Phi) is 4.48. The van der Waals surface area contributed by atoms with E-state index in [2.05, 4.69) is 4.72 Å². The second-order valence-electron chi connectivity index (χ2n) is 5.15. The molecule has 21 heavy (non-hydrogen) atoms. The molecule has 3 N–H and O–H groups in total. The number of carbonyl (C=O) groups excluding carboxylic acids is 1. The molecule has 1 aromatic carbocycles. The summed E-state index contributed by atoms with van der Waals surface area (Å²) in [6.07, 6.45) is 1.31. The van der Waals surface area contributed by atoms with Crippen molar-refractivity contribution in [1.29, 1.82) is 0 Å². The Morgan fingerprint density at radius 3 is 2.76 bits per heavy atom. The summed E-state index contributed by atoms with van der Waals surface area (Å²) in [7, 11) is -3.79. The van der Waals surface area contributed by atoms with Crippen LogP contribution in [0.5, 0.6) is 0 Å². The number of nitrogens with zero attached hydrogens (tertiary/aromatic N) is 1. The number of amides is 1. The Morgan fingerprint density at radius 1 is 1.48 bits per heavy atom. The molecule has 1 aliphatic rings. The number of nitrogen functional groups attached to an aromatic ring is 1. The van der Waals surface area contributed by atoms with Crippen LogP contribution in [0.25, 0.3) is 0 Å². The lowest BCUT2D eigenvalue weighted by Crippen LogP contribution is -2.42. The molecule has 1 amide bonds. The maximum Gasteiger partial charge on any atom is 0.240 e. The highest BCUT2D eigenvalue weighted by Gasteiger charge is 2.24. The summed E-state index contributed by atoms with van der Waals surface area (Å²) in [6.45, 7) is 2.64. The summed E-state index contributed by atoms with van der Waals surface area (Å²) in [5.41, 5.74) is 5.16. The van der Waals surface area contributed by atoms with Crippen molar-refractivity contribution in [3.63, 3.8) is 0 Å². The van der Waals surface area contributed by atoms with E-state index in [1.807, 2.05) is 0 Å². The molecule has 0 bridgehead atoms. The van der Waals surface area contributed by atoms with Gasteiger partial charge >= 0.3 is 0 Å². The zero-order valence-electron chi connectivity index (χ0n) is 11.7. The van der Waals surface area contributed by atoms with Crippen LogP contribution >= 0.6 is 0 Å². The van der Waals surface area contributed by atoms with Gasteiger partial charge in [0.2, 0.25) is 15.9 Å². The van der Waals surface area contributed by atoms with E-state index in [9.17, 15) is 17.6 Å². The summed E-state index contributed by atoms with van der Waals surface area (Å²) < 4.78 is 39.9. The maximum atomic E-state index is 13.1. The van der Waals surface area contributed by atoms with Crippen LogP contribution < -0.4 is 10.5 Å². The summed E-state index contributed by atoms with van der Waals surface area (Å²) in [5.74, 6) is -0.628. The second kappa shape index (κ2) is 5.98. The van der Waals surface area contributed by atoms with E-state index in [0.717, 1.165) is 24.6 Å². The number of benzene rings is 1. The average Bonchev–Trinajstić information content (AvgIpc) is 2.77. The van der Waals surface area contributed by atoms with Crippen LogP contribution in [0.4, 0.5) is 10.1 Å². The van der Waals surface area contributed by atoms with E-state index >= 15 is 0 Å². The number of sulfonamides is 1. The molecule has 1 unspecified atom stereocenters. The van der Waals surface area contributed by atoms with Gasteiger partial charge in [0.1, 0.15) is 5.82 Å². The van der Waals surface area contributed by atoms with Gasteiger partial charge in [-0.2, -0.15) is 0 Å². The quantitative estimate of drug-likeness (QED) is 0.782. The molecule has 1 atom stereocenters. The van der Waals surface area contributed by atoms with Gasteiger partial charge in [0, 0.05) is 25.6 Å². The van der Waals surface area contributed by atoms with Crippen molar-refractivity contribution >= 4 is 21.6 Å². The van der Waals surface area contributed by atoms with E-state index in [1.165, 1.54) is 0 Å². The van der Waals surface area contributed by atoms with Gasteiger partial charge in [-0.25, -0.2) is 17.5 Å². The van der Waals surface area contributed by atoms with Crippen LogP contribution in [-0.2, 0) is 14.8 Å². The molecule has 1 fully saturated rings. The van der Waals surface area contributed by atoms with Crippen LogP contribution in [0.3, 0.4) is 0 Å². The van der Waals surface area contributed by atoms with Crippen molar-refractivity contribution in [2.75, 3.05) is 18.8 Å². The van der Waals surface area contributed by atoms with Gasteiger partial charge in [0.05, 0.1) is 10.6 Å². The molecule has 116 valence electrons. The first-order valence-corrected chi connectivity index (χ1v) is 8.13. The van der Waals surface area contributed by atoms with E-state index in [1.54, 1.807) is 11.8 Å². The predicted octanol–water partition coefficient (Wildman–Crippen LogP) is 0.697. The fourth-order valence-corrected chi connectivity index (χ4v) is 3.56. The first-order valence-electron chi connectivity index (χ1n) is 6.65. The number of rotatable bonds is 5. The Labute approximate surface area is 123 Å². The van der Waals surface area contributed by atoms with E-state index in [-0.39, 0.29) is 16.5 Å². The number of nitrogens with one attached hydrogen (secondary N) is 1. The first-order chi connectivity index (χ1) is 9.79. The van der Waals surface area contributed by atoms with Gasteiger partial charge in [0.15, 0.2) is 0 Å². The highest BCUT2D eigenvalue weighted by atomic mass is 32.2. The molecular weight excluding hydrogens is 297 g/mol. The van der Waals surface area contributed by atoms with Crippen molar-refractivity contribution < 1.29 is 17.6 Å². The molecule has 1 saturated heterocycles. The Balaban J connectivity index is 2.06. The summed E-state index contributed by atoms with van der Waals surface area (Å²) in [5, 5.41) is 0. The monoisotopic (exact) mass is 315 g/mol. The molecule has 8 heteroatoms. The van der Waals surface area contributed by atoms with E-state index < -0.39 is 21.9 Å². The molecule has 1 heterocycles. The second-order valence-corrected chi connectivity index (χ2v) is 6.86. The largest absolute Gasteiger partial charge is 0.396 e. The van der Waals surface area contributed by atoms with Crippen molar-refractivity contribution in [2.45, 2.75) is 30.7 Å². The number of carbonyl (C=O) groups is 1. The first kappa shape index (κ1) is 15.7. The van der Waals surface area contributed by atoms with Crippen LogP contribution in [0, 0.1) is 5.82 Å². The topological polar surface area (TPSA) is 92.5 Å². The number of likely N-dealkylation sites (tertiary alicyclic amines) is 1. The van der Waals surface area contributed by atoms with Crippen LogP contribution in [0.1, 0.15) is 19.8 Å². The maximum absolute atomic E-state index is 13.1. The van der Waals surface area contributed by atoms with E-state index in [0.29, 0.717) is 19.5 Å². The molecule has 0 aromatic heterocycles. The third-order valence-electron chi connectivity index (χ3n) is 3.30. The lowest BCUT2D eigenvalue weighted by atomic mass is 10.3. The fourth-order valence-electron chi connectivity index (χ4n) is 2.29. The minimum absolute atomic E-state index is 0.0343. The number of hydrogen-bond acceptors (Lipinski definition) is 4. The molecule has 0 saturated carbocycles. The van der Waals surface area contributed by atoms with Gasteiger partial charge < -0.3 is 10.6 Å². The van der Waals surface area contributed by atoms with Crippen molar-refractivity contribution in [2.24, 2.45) is 0 Å². The van der Waals surface area contributed by atoms with Crippen molar-refractivity contribution in [3.8, 4) is 0 Å². The number of nitrogens with two attached hydrogens (primary N) is 1. The third kappa shape index (κ3) is 3.70. The third-order valence-corrected chi connectivity index (χ3v) is 4.89. The SMILES string of the molecule is CC(CN1CCCC1=O)NS(=O)(=O)c1ccc(F)c(N)c1. The highest BCUT2D eigenvalue weighted by molar-refractivity contribution is 7.89. The molecule has 0 spiro atoms. The Morgan fingerprint density at radius 2 is 2.19 bits per heavy atom. The molecule has 0 aliphatic carbocycles. The zero-order chi connectivity index (χ0) is 15.6. The number of hydrogen-bond donors (Lipinski definition) is 2. The molecular formula is C13H18FN3O3S. The zero-order valence-corrected chi connectivity index (χ0v) is 12.5. The summed E-state index contributed by atoms with van der Waals surface area (Å²) >= 11 is 0. The number of halogens is 1. The Bertz CT molecular complexity index is 648. The van der Waals surface area contributed by atoms with Crippen molar-refractivity contribution in [1.82, 2.24) is 9.62 Å². The standard InChI is InChI=1S/C13H18FN3O3S/c1-9(8-17-6-2-3-13(17)18)16-21(19,20)10-4-5-11(14)12(15)7-10/h4-5,7,9,16H,2-3,6,8,15H2,1H3.